The van der Waals surface area contributed by atoms with Crippen LogP contribution in [0, 0.1) is 0 Å². The van der Waals surface area contributed by atoms with Crippen LogP contribution in [0.3, 0.4) is 0 Å². The highest BCUT2D eigenvalue weighted by atomic mass is 31.2. The van der Waals surface area contributed by atoms with Crippen molar-refractivity contribution >= 4 is 13.6 Å². The molecule has 1 aromatic rings. The second-order valence-corrected chi connectivity index (χ2v) is 11.2. The van der Waals surface area contributed by atoms with Crippen LogP contribution >= 0.6 is 7.60 Å². The van der Waals surface area contributed by atoms with E-state index < -0.39 is 37.4 Å². The number of nitrogens with zero attached hydrogens (tertiary/aromatic N) is 2. The van der Waals surface area contributed by atoms with Crippen LogP contribution in [0.25, 0.3) is 0 Å². The van der Waals surface area contributed by atoms with Crippen molar-refractivity contribution in [2.75, 3.05) is 13.2 Å². The van der Waals surface area contributed by atoms with Crippen LogP contribution in [-0.4, -0.2) is 46.8 Å². The van der Waals surface area contributed by atoms with Crippen LogP contribution in [0.1, 0.15) is 91.3 Å². The minimum Gasteiger partial charge on any atom is -0.459 e. The summed E-state index contributed by atoms with van der Waals surface area (Å²) in [6.45, 7) is 8.59. The van der Waals surface area contributed by atoms with E-state index in [0.717, 1.165) is 25.7 Å². The molecule has 12 heteroatoms. The van der Waals surface area contributed by atoms with E-state index >= 15 is 0 Å². The summed E-state index contributed by atoms with van der Waals surface area (Å²) in [5.74, 6) is -0.168. The molecule has 0 fully saturated rings. The van der Waals surface area contributed by atoms with Gasteiger partial charge in [-0.3, -0.25) is 9.36 Å². The molecule has 0 aliphatic heterocycles. The van der Waals surface area contributed by atoms with Crippen LogP contribution in [0.2, 0.25) is 0 Å². The molecule has 1 heterocycles. The number of aryl methyl sites for hydroxylation is 1. The highest BCUT2D eigenvalue weighted by Crippen LogP contribution is 2.54. The van der Waals surface area contributed by atoms with Crippen molar-refractivity contribution < 1.29 is 40.8 Å². The Morgan fingerprint density at radius 2 is 1.56 bits per heavy atom. The summed E-state index contributed by atoms with van der Waals surface area (Å²) >= 11 is 0. The molecule has 198 valence electrons. The molecule has 1 aromatic heterocycles. The lowest BCUT2D eigenvalue weighted by atomic mass is 10.1. The molecule has 0 saturated carbocycles. The third kappa shape index (κ3) is 12.3. The number of unbranched alkanes of at least 4 members (excludes halogenated alkanes) is 5. The quantitative estimate of drug-likeness (QED) is 0.141. The minimum atomic E-state index is -4.09. The lowest BCUT2D eigenvalue weighted by Gasteiger charge is -2.27. The Hall–Kier alpha value is -1.45. The first-order valence-electron chi connectivity index (χ1n) is 11.8. The molecule has 0 radical (unpaired) electrons. The van der Waals surface area contributed by atoms with Crippen molar-refractivity contribution in [2.45, 2.75) is 110 Å². The topological polar surface area (TPSA) is 101 Å². The predicted molar refractivity (Wildman–Crippen MR) is 121 cm³/mol. The minimum absolute atomic E-state index is 0.0852. The molecule has 0 bridgehead atoms. The Morgan fingerprint density at radius 1 is 1.00 bits per heavy atom. The molecule has 8 nitrogen and oxygen atoms in total. The Balaban J connectivity index is 2.66. The fraction of sp³-hybridized carbons (Fsp3) is 0.864. The summed E-state index contributed by atoms with van der Waals surface area (Å²) in [7, 11) is -3.85. The van der Waals surface area contributed by atoms with Gasteiger partial charge in [0.25, 0.3) is 0 Å². The van der Waals surface area contributed by atoms with Crippen molar-refractivity contribution in [1.82, 2.24) is 10.1 Å². The van der Waals surface area contributed by atoms with E-state index in [1.165, 1.54) is 0 Å². The summed E-state index contributed by atoms with van der Waals surface area (Å²) in [4.78, 5) is 17.1. The average molecular weight is 515 g/mol. The lowest BCUT2D eigenvalue weighted by molar-refractivity contribution is -0.154. The maximum absolute atomic E-state index is 13.3. The molecule has 0 aliphatic rings. The molecule has 0 aliphatic carbocycles. The van der Waals surface area contributed by atoms with Gasteiger partial charge in [-0.15, -0.1) is 0 Å². The van der Waals surface area contributed by atoms with Gasteiger partial charge in [-0.25, -0.2) is 0 Å². The fourth-order valence-corrected chi connectivity index (χ4v) is 5.07. The number of hydrogen-bond acceptors (Lipinski definition) is 8. The molecular formula is C22H38F3N2O6P. The molecule has 1 unspecified atom stereocenters. The molecule has 0 spiro atoms. The standard InChI is InChI=1S/C22H38F3N2O6P/c1-6-30-34(29,31-7-2)17(20(28)32-21(3,4)5)16-19-26-18(27-33-19)14-12-10-8-9-11-13-15-22(23,24)25/h17H,6-16H2,1-5H3. The summed E-state index contributed by atoms with van der Waals surface area (Å²) < 4.78 is 71.2. The van der Waals surface area contributed by atoms with Gasteiger partial charge in [-0.05, 0) is 47.5 Å². The zero-order valence-electron chi connectivity index (χ0n) is 20.8. The summed E-state index contributed by atoms with van der Waals surface area (Å²) in [6.07, 6.45) is -0.577. The van der Waals surface area contributed by atoms with Crippen molar-refractivity contribution in [2.24, 2.45) is 0 Å². The first-order valence-corrected chi connectivity index (χ1v) is 13.4. The first kappa shape index (κ1) is 30.6. The van der Waals surface area contributed by atoms with E-state index in [0.29, 0.717) is 18.7 Å². The number of esters is 1. The molecule has 1 atom stereocenters. The zero-order valence-corrected chi connectivity index (χ0v) is 21.7. The number of rotatable bonds is 16. The second kappa shape index (κ2) is 14.2. The molecule has 0 amide bonds. The fourth-order valence-electron chi connectivity index (χ4n) is 3.23. The third-order valence-corrected chi connectivity index (χ3v) is 7.06. The van der Waals surface area contributed by atoms with Gasteiger partial charge in [0.1, 0.15) is 5.60 Å². The smallest absolute Gasteiger partial charge is 0.389 e. The number of carbonyl (C=O) groups is 1. The van der Waals surface area contributed by atoms with E-state index in [1.54, 1.807) is 34.6 Å². The molecule has 0 saturated heterocycles. The van der Waals surface area contributed by atoms with Gasteiger partial charge in [-0.1, -0.05) is 30.8 Å². The van der Waals surface area contributed by atoms with Gasteiger partial charge in [0, 0.05) is 12.8 Å². The van der Waals surface area contributed by atoms with E-state index in [4.69, 9.17) is 18.3 Å². The SMILES string of the molecule is CCOP(=O)(OCC)C(Cc1nc(CCCCCCCCC(F)(F)F)no1)C(=O)OC(C)(C)C. The lowest BCUT2D eigenvalue weighted by Crippen LogP contribution is -2.34. The van der Waals surface area contributed by atoms with Crippen molar-refractivity contribution in [3.8, 4) is 0 Å². The number of hydrogen-bond donors (Lipinski definition) is 0. The Kier molecular flexibility index (Phi) is 12.8. The highest BCUT2D eigenvalue weighted by Gasteiger charge is 2.44. The van der Waals surface area contributed by atoms with E-state index in [9.17, 15) is 22.5 Å². The van der Waals surface area contributed by atoms with Gasteiger partial charge >= 0.3 is 19.7 Å². The molecule has 0 N–H and O–H groups in total. The van der Waals surface area contributed by atoms with Crippen molar-refractivity contribution in [3.05, 3.63) is 11.7 Å². The normalized spacial score (nSPS) is 13.8. The summed E-state index contributed by atoms with van der Waals surface area (Å²) in [5.41, 5.74) is -2.05. The van der Waals surface area contributed by atoms with Gasteiger partial charge in [-0.2, -0.15) is 18.2 Å². The van der Waals surface area contributed by atoms with E-state index in [-0.39, 0.29) is 31.9 Å². The van der Waals surface area contributed by atoms with E-state index in [2.05, 4.69) is 10.1 Å². The average Bonchev–Trinajstić information content (AvgIpc) is 3.13. The van der Waals surface area contributed by atoms with Crippen LogP contribution in [-0.2, 0) is 36.0 Å². The number of alkyl halides is 3. The van der Waals surface area contributed by atoms with Crippen molar-refractivity contribution in [3.63, 3.8) is 0 Å². The van der Waals surface area contributed by atoms with Gasteiger partial charge < -0.3 is 18.3 Å². The van der Waals surface area contributed by atoms with Gasteiger partial charge in [0.2, 0.25) is 5.89 Å². The maximum atomic E-state index is 13.3. The zero-order chi connectivity index (χ0) is 25.8. The second-order valence-electron chi connectivity index (χ2n) is 8.97. The Morgan fingerprint density at radius 3 is 2.09 bits per heavy atom. The maximum Gasteiger partial charge on any atom is 0.389 e. The van der Waals surface area contributed by atoms with Crippen LogP contribution in [0.5, 0.6) is 0 Å². The largest absolute Gasteiger partial charge is 0.459 e. The van der Waals surface area contributed by atoms with Crippen LogP contribution in [0.15, 0.2) is 4.52 Å². The summed E-state index contributed by atoms with van der Waals surface area (Å²) in [6, 6.07) is 0. The van der Waals surface area contributed by atoms with Gasteiger partial charge in [0.05, 0.1) is 19.6 Å². The third-order valence-electron chi connectivity index (χ3n) is 4.67. The monoisotopic (exact) mass is 514 g/mol. The Labute approximate surface area is 199 Å². The number of carbonyl (C=O) groups excluding carboxylic acids is 1. The van der Waals surface area contributed by atoms with E-state index in [1.807, 2.05) is 0 Å². The van der Waals surface area contributed by atoms with Crippen LogP contribution in [0.4, 0.5) is 13.2 Å². The van der Waals surface area contributed by atoms with Gasteiger partial charge in [0.15, 0.2) is 11.5 Å². The summed E-state index contributed by atoms with van der Waals surface area (Å²) in [5, 5.41) is 3.92. The highest BCUT2D eigenvalue weighted by molar-refractivity contribution is 7.55. The molecule has 0 aromatic carbocycles. The Bertz CT molecular complexity index is 769. The predicted octanol–water partition coefficient (Wildman–Crippen LogP) is 6.42. The number of aromatic nitrogens is 2. The molecule has 34 heavy (non-hydrogen) atoms. The number of ether oxygens (including phenoxy) is 1. The van der Waals surface area contributed by atoms with Crippen LogP contribution < -0.4 is 0 Å². The molecule has 1 rings (SSSR count). The molecular weight excluding hydrogens is 476 g/mol. The van der Waals surface area contributed by atoms with Crippen molar-refractivity contribution in [1.29, 1.82) is 0 Å². The first-order chi connectivity index (χ1) is 15.8. The number of halogens is 3.